The fourth-order valence-corrected chi connectivity index (χ4v) is 4.51. The summed E-state index contributed by atoms with van der Waals surface area (Å²) in [6.07, 6.45) is 2.65. The van der Waals surface area contributed by atoms with E-state index in [-0.39, 0.29) is 11.4 Å². The van der Waals surface area contributed by atoms with Gasteiger partial charge in [-0.1, -0.05) is 12.1 Å². The molecule has 2 fully saturated rings. The maximum atomic E-state index is 12.1. The maximum Gasteiger partial charge on any atom is 0.222 e. The third kappa shape index (κ3) is 3.01. The fourth-order valence-electron chi connectivity index (χ4n) is 4.51. The van der Waals surface area contributed by atoms with Gasteiger partial charge in [0.2, 0.25) is 5.91 Å². The van der Waals surface area contributed by atoms with Crippen molar-refractivity contribution in [3.8, 4) is 0 Å². The zero-order valence-corrected chi connectivity index (χ0v) is 16.1. The summed E-state index contributed by atoms with van der Waals surface area (Å²) in [5.74, 6) is 1.40. The number of nitrogens with zero attached hydrogens (tertiary/aromatic N) is 5. The summed E-state index contributed by atoms with van der Waals surface area (Å²) in [5.41, 5.74) is 2.35. The van der Waals surface area contributed by atoms with Gasteiger partial charge in [0.05, 0.1) is 17.6 Å². The van der Waals surface area contributed by atoms with Crippen molar-refractivity contribution in [3.05, 3.63) is 30.1 Å². The number of para-hydroxylation sites is 2. The maximum absolute atomic E-state index is 12.1. The van der Waals surface area contributed by atoms with E-state index in [1.165, 1.54) is 5.52 Å². The molecule has 1 spiro atoms. The van der Waals surface area contributed by atoms with Crippen molar-refractivity contribution in [3.63, 3.8) is 0 Å². The van der Waals surface area contributed by atoms with Gasteiger partial charge in [-0.25, -0.2) is 4.98 Å². The Labute approximate surface area is 155 Å². The lowest BCUT2D eigenvalue weighted by Crippen LogP contribution is -2.60. The van der Waals surface area contributed by atoms with Gasteiger partial charge in [0.15, 0.2) is 0 Å². The summed E-state index contributed by atoms with van der Waals surface area (Å²) in [4.78, 5) is 23.9. The molecule has 1 amide bonds. The van der Waals surface area contributed by atoms with E-state index in [0.29, 0.717) is 6.42 Å². The molecule has 2 saturated heterocycles. The number of aromatic nitrogens is 2. The summed E-state index contributed by atoms with van der Waals surface area (Å²) < 4.78 is 2.21. The molecule has 2 aliphatic rings. The van der Waals surface area contributed by atoms with E-state index in [9.17, 15) is 4.79 Å². The Hall–Kier alpha value is -1.92. The van der Waals surface area contributed by atoms with Gasteiger partial charge >= 0.3 is 0 Å². The molecular formula is C20H29N5O. The lowest BCUT2D eigenvalue weighted by Gasteiger charge is -2.49. The van der Waals surface area contributed by atoms with Gasteiger partial charge in [-0.2, -0.15) is 0 Å². The number of benzene rings is 1. The Bertz CT molecular complexity index is 816. The van der Waals surface area contributed by atoms with Crippen molar-refractivity contribution < 1.29 is 4.79 Å². The molecule has 0 bridgehead atoms. The van der Waals surface area contributed by atoms with Crippen LogP contribution in [-0.4, -0.2) is 76.0 Å². The quantitative estimate of drug-likeness (QED) is 0.823. The number of aryl methyl sites for hydroxylation is 1. The molecule has 1 aromatic carbocycles. The van der Waals surface area contributed by atoms with Crippen LogP contribution in [-0.2, 0) is 18.4 Å². The minimum absolute atomic E-state index is 0.100. The summed E-state index contributed by atoms with van der Waals surface area (Å²) in [6, 6.07) is 8.32. The van der Waals surface area contributed by atoms with Gasteiger partial charge in [0.1, 0.15) is 5.82 Å². The number of hydrogen-bond acceptors (Lipinski definition) is 4. The molecule has 6 heteroatoms. The number of likely N-dealkylation sites (N-methyl/N-ethyl adjacent to an activating group) is 1. The van der Waals surface area contributed by atoms with E-state index in [1.54, 1.807) is 0 Å². The standard InChI is InChI=1S/C20H29N5O/c1-22-11-10-20(9-8-19(22)26)15-25(13-12-23(20)2)14-18-21-16-6-4-5-7-17(16)24(18)3/h4-7H,8-15H2,1-3H3/t20-/m0/s1. The lowest BCUT2D eigenvalue weighted by molar-refractivity contribution is -0.129. The Morgan fingerprint density at radius 1 is 1.08 bits per heavy atom. The van der Waals surface area contributed by atoms with E-state index in [1.807, 2.05) is 18.0 Å². The topological polar surface area (TPSA) is 44.6 Å². The normalized spacial score (nSPS) is 26.0. The summed E-state index contributed by atoms with van der Waals surface area (Å²) in [6.45, 7) is 4.81. The number of carbonyl (C=O) groups is 1. The second kappa shape index (κ2) is 6.67. The molecule has 2 aromatic rings. The zero-order chi connectivity index (χ0) is 18.3. The van der Waals surface area contributed by atoms with Crippen LogP contribution >= 0.6 is 0 Å². The van der Waals surface area contributed by atoms with E-state index in [2.05, 4.69) is 46.7 Å². The van der Waals surface area contributed by atoms with Crippen LogP contribution in [0.5, 0.6) is 0 Å². The van der Waals surface area contributed by atoms with Gasteiger partial charge in [-0.3, -0.25) is 14.6 Å². The van der Waals surface area contributed by atoms with Gasteiger partial charge in [0, 0.05) is 52.2 Å². The van der Waals surface area contributed by atoms with Crippen LogP contribution in [0.15, 0.2) is 24.3 Å². The molecular weight excluding hydrogens is 326 g/mol. The first kappa shape index (κ1) is 17.5. The van der Waals surface area contributed by atoms with Crippen molar-refractivity contribution in [1.82, 2.24) is 24.3 Å². The molecule has 140 valence electrons. The van der Waals surface area contributed by atoms with E-state index in [0.717, 1.165) is 56.9 Å². The van der Waals surface area contributed by atoms with Crippen LogP contribution in [0.1, 0.15) is 25.1 Å². The molecule has 0 saturated carbocycles. The van der Waals surface area contributed by atoms with Crippen LogP contribution in [0.25, 0.3) is 11.0 Å². The molecule has 6 nitrogen and oxygen atoms in total. The van der Waals surface area contributed by atoms with Crippen molar-refractivity contribution in [1.29, 1.82) is 0 Å². The number of hydrogen-bond donors (Lipinski definition) is 0. The average Bonchev–Trinajstić information content (AvgIpc) is 2.88. The van der Waals surface area contributed by atoms with Crippen molar-refractivity contribution in [2.45, 2.75) is 31.3 Å². The third-order valence-electron chi connectivity index (χ3n) is 6.47. The first-order chi connectivity index (χ1) is 12.5. The van der Waals surface area contributed by atoms with Gasteiger partial charge in [-0.15, -0.1) is 0 Å². The van der Waals surface area contributed by atoms with E-state index >= 15 is 0 Å². The predicted octanol–water partition coefficient (Wildman–Crippen LogP) is 1.70. The number of piperazine rings is 1. The fraction of sp³-hybridized carbons (Fsp3) is 0.600. The number of rotatable bonds is 2. The second-order valence-electron chi connectivity index (χ2n) is 8.00. The average molecular weight is 355 g/mol. The number of likely N-dealkylation sites (tertiary alicyclic amines) is 1. The van der Waals surface area contributed by atoms with Crippen LogP contribution in [0.3, 0.4) is 0 Å². The SMILES string of the molecule is CN1CC[C@@]2(CCC1=O)CN(Cc1nc3ccccc3n1C)CCN2C. The molecule has 0 radical (unpaired) electrons. The highest BCUT2D eigenvalue weighted by Gasteiger charge is 2.41. The van der Waals surface area contributed by atoms with Crippen molar-refractivity contribution in [2.75, 3.05) is 40.3 Å². The number of fused-ring (bicyclic) bond motifs is 1. The molecule has 0 N–H and O–H groups in total. The van der Waals surface area contributed by atoms with Gasteiger partial charge < -0.3 is 9.47 Å². The second-order valence-corrected chi connectivity index (χ2v) is 8.00. The Morgan fingerprint density at radius 3 is 2.69 bits per heavy atom. The monoisotopic (exact) mass is 355 g/mol. The predicted molar refractivity (Wildman–Crippen MR) is 103 cm³/mol. The molecule has 3 heterocycles. The number of carbonyl (C=O) groups excluding carboxylic acids is 1. The van der Waals surface area contributed by atoms with Crippen LogP contribution in [0, 0.1) is 0 Å². The Kier molecular flexibility index (Phi) is 4.49. The Morgan fingerprint density at radius 2 is 1.88 bits per heavy atom. The smallest absolute Gasteiger partial charge is 0.222 e. The largest absolute Gasteiger partial charge is 0.346 e. The summed E-state index contributed by atoms with van der Waals surface area (Å²) in [5, 5.41) is 0. The highest BCUT2D eigenvalue weighted by molar-refractivity contribution is 5.76. The van der Waals surface area contributed by atoms with Crippen LogP contribution in [0.4, 0.5) is 0 Å². The first-order valence-electron chi connectivity index (χ1n) is 9.56. The van der Waals surface area contributed by atoms with E-state index < -0.39 is 0 Å². The highest BCUT2D eigenvalue weighted by Crippen LogP contribution is 2.32. The molecule has 1 aromatic heterocycles. The molecule has 2 aliphatic heterocycles. The Balaban J connectivity index is 1.54. The molecule has 4 rings (SSSR count). The summed E-state index contributed by atoms with van der Waals surface area (Å²) >= 11 is 0. The van der Waals surface area contributed by atoms with Crippen molar-refractivity contribution >= 4 is 16.9 Å². The zero-order valence-electron chi connectivity index (χ0n) is 16.1. The van der Waals surface area contributed by atoms with Gasteiger partial charge in [-0.05, 0) is 32.0 Å². The van der Waals surface area contributed by atoms with Crippen LogP contribution in [0.2, 0.25) is 0 Å². The molecule has 1 atom stereocenters. The van der Waals surface area contributed by atoms with Crippen LogP contribution < -0.4 is 0 Å². The van der Waals surface area contributed by atoms with Crippen molar-refractivity contribution in [2.24, 2.45) is 7.05 Å². The molecule has 26 heavy (non-hydrogen) atoms. The first-order valence-corrected chi connectivity index (χ1v) is 9.56. The number of amides is 1. The number of imidazole rings is 1. The summed E-state index contributed by atoms with van der Waals surface area (Å²) in [7, 11) is 6.26. The van der Waals surface area contributed by atoms with Gasteiger partial charge in [0.25, 0.3) is 0 Å². The van der Waals surface area contributed by atoms with E-state index in [4.69, 9.17) is 4.98 Å². The third-order valence-corrected chi connectivity index (χ3v) is 6.47. The molecule has 0 unspecified atom stereocenters. The minimum atomic E-state index is 0.100. The highest BCUT2D eigenvalue weighted by atomic mass is 16.2. The lowest BCUT2D eigenvalue weighted by atomic mass is 9.86. The minimum Gasteiger partial charge on any atom is -0.346 e. The molecule has 0 aliphatic carbocycles.